The summed E-state index contributed by atoms with van der Waals surface area (Å²) in [5.41, 5.74) is -0.106. The van der Waals surface area contributed by atoms with E-state index in [9.17, 15) is 9.59 Å². The predicted octanol–water partition coefficient (Wildman–Crippen LogP) is 2.13. The van der Waals surface area contributed by atoms with E-state index in [0.717, 1.165) is 0 Å². The molecular formula is C13H19N3O3. The highest BCUT2D eigenvalue weighted by molar-refractivity contribution is 5.94. The van der Waals surface area contributed by atoms with Crippen LogP contribution in [-0.2, 0) is 4.74 Å². The van der Waals surface area contributed by atoms with Gasteiger partial charge < -0.3 is 9.64 Å². The number of carbonyl (C=O) groups excluding carboxylic acids is 2. The van der Waals surface area contributed by atoms with Crippen LogP contribution in [0.4, 0.5) is 10.6 Å². The van der Waals surface area contributed by atoms with Crippen molar-refractivity contribution in [1.29, 1.82) is 0 Å². The van der Waals surface area contributed by atoms with Crippen LogP contribution in [0.25, 0.3) is 0 Å². The number of amides is 2. The van der Waals surface area contributed by atoms with Crippen LogP contribution in [0.3, 0.4) is 0 Å². The van der Waals surface area contributed by atoms with Gasteiger partial charge in [-0.15, -0.1) is 0 Å². The number of hydrogen-bond donors (Lipinski definition) is 1. The maximum atomic E-state index is 11.6. The highest BCUT2D eigenvalue weighted by atomic mass is 16.6. The number of nitrogens with one attached hydrogen (secondary N) is 1. The number of anilines is 1. The Bertz CT molecular complexity index is 461. The van der Waals surface area contributed by atoms with Crippen molar-refractivity contribution in [1.82, 2.24) is 9.88 Å². The molecule has 2 amide bonds. The third kappa shape index (κ3) is 4.95. The van der Waals surface area contributed by atoms with E-state index in [1.807, 2.05) is 0 Å². The summed E-state index contributed by atoms with van der Waals surface area (Å²) in [7, 11) is 3.32. The Kier molecular flexibility index (Phi) is 4.47. The van der Waals surface area contributed by atoms with E-state index in [2.05, 4.69) is 10.3 Å². The second-order valence-electron chi connectivity index (χ2n) is 5.26. The standard InChI is InChI=1S/C13H19N3O3/c1-13(2,3)19-12(18)15-10-7-6-9(8-14-10)11(17)16(4)5/h6-8H,1-5H3,(H,14,15,18). The zero-order valence-corrected chi connectivity index (χ0v) is 11.9. The van der Waals surface area contributed by atoms with Crippen LogP contribution in [0.5, 0.6) is 0 Å². The molecule has 0 bridgehead atoms. The molecule has 0 saturated heterocycles. The van der Waals surface area contributed by atoms with Gasteiger partial charge >= 0.3 is 6.09 Å². The van der Waals surface area contributed by atoms with E-state index in [4.69, 9.17) is 4.74 Å². The fourth-order valence-electron chi connectivity index (χ4n) is 1.26. The van der Waals surface area contributed by atoms with E-state index >= 15 is 0 Å². The molecule has 0 spiro atoms. The van der Waals surface area contributed by atoms with E-state index < -0.39 is 11.7 Å². The molecule has 0 aliphatic carbocycles. The Labute approximate surface area is 112 Å². The minimum absolute atomic E-state index is 0.142. The van der Waals surface area contributed by atoms with Crippen LogP contribution in [0, 0.1) is 0 Å². The van der Waals surface area contributed by atoms with Gasteiger partial charge in [-0.2, -0.15) is 0 Å². The predicted molar refractivity (Wildman–Crippen MR) is 72.1 cm³/mol. The van der Waals surface area contributed by atoms with Gasteiger partial charge in [0.05, 0.1) is 5.56 Å². The van der Waals surface area contributed by atoms with Crippen LogP contribution in [-0.4, -0.2) is 41.6 Å². The molecule has 6 nitrogen and oxygen atoms in total. The first-order valence-electron chi connectivity index (χ1n) is 5.87. The highest BCUT2D eigenvalue weighted by Gasteiger charge is 2.16. The number of nitrogens with zero attached hydrogens (tertiary/aromatic N) is 2. The second-order valence-corrected chi connectivity index (χ2v) is 5.26. The van der Waals surface area contributed by atoms with E-state index in [-0.39, 0.29) is 5.91 Å². The van der Waals surface area contributed by atoms with Crippen molar-refractivity contribution in [3.8, 4) is 0 Å². The van der Waals surface area contributed by atoms with Crippen LogP contribution in [0.2, 0.25) is 0 Å². The second kappa shape index (κ2) is 5.69. The molecule has 0 aromatic carbocycles. The van der Waals surface area contributed by atoms with Gasteiger partial charge in [-0.25, -0.2) is 9.78 Å². The van der Waals surface area contributed by atoms with E-state index in [0.29, 0.717) is 11.4 Å². The lowest BCUT2D eigenvalue weighted by molar-refractivity contribution is 0.0635. The summed E-state index contributed by atoms with van der Waals surface area (Å²) >= 11 is 0. The average Bonchev–Trinajstić information content (AvgIpc) is 2.26. The van der Waals surface area contributed by atoms with Gasteiger partial charge in [0, 0.05) is 20.3 Å². The summed E-state index contributed by atoms with van der Waals surface area (Å²) in [5, 5.41) is 2.50. The normalized spacial score (nSPS) is 10.8. The Hall–Kier alpha value is -2.11. The molecule has 1 rings (SSSR count). The number of aromatic nitrogens is 1. The Balaban J connectivity index is 2.67. The highest BCUT2D eigenvalue weighted by Crippen LogP contribution is 2.11. The molecule has 104 valence electrons. The first kappa shape index (κ1) is 14.9. The Morgan fingerprint density at radius 2 is 1.89 bits per heavy atom. The molecule has 0 unspecified atom stereocenters. The molecule has 0 fully saturated rings. The molecule has 0 aliphatic rings. The maximum absolute atomic E-state index is 11.6. The van der Waals surface area contributed by atoms with Crippen molar-refractivity contribution in [3.05, 3.63) is 23.9 Å². The van der Waals surface area contributed by atoms with Gasteiger partial charge in [0.15, 0.2) is 0 Å². The molecule has 0 atom stereocenters. The zero-order chi connectivity index (χ0) is 14.6. The summed E-state index contributed by atoms with van der Waals surface area (Å²) in [4.78, 5) is 28.6. The molecule has 6 heteroatoms. The van der Waals surface area contributed by atoms with Crippen molar-refractivity contribution in [2.75, 3.05) is 19.4 Å². The van der Waals surface area contributed by atoms with E-state index in [1.165, 1.54) is 11.1 Å². The third-order valence-corrected chi connectivity index (χ3v) is 2.05. The SMILES string of the molecule is CN(C)C(=O)c1ccc(NC(=O)OC(C)(C)C)nc1. The number of hydrogen-bond acceptors (Lipinski definition) is 4. The van der Waals surface area contributed by atoms with Crippen LogP contribution in [0.15, 0.2) is 18.3 Å². The van der Waals surface area contributed by atoms with Crippen molar-refractivity contribution in [3.63, 3.8) is 0 Å². The first-order valence-corrected chi connectivity index (χ1v) is 5.87. The van der Waals surface area contributed by atoms with Crippen LogP contribution < -0.4 is 5.32 Å². The van der Waals surface area contributed by atoms with Gasteiger partial charge in [0.25, 0.3) is 5.91 Å². The molecule has 19 heavy (non-hydrogen) atoms. The fourth-order valence-corrected chi connectivity index (χ4v) is 1.26. The van der Waals surface area contributed by atoms with Crippen molar-refractivity contribution >= 4 is 17.8 Å². The lowest BCUT2D eigenvalue weighted by Gasteiger charge is -2.19. The molecule has 0 radical (unpaired) electrons. The largest absolute Gasteiger partial charge is 0.444 e. The number of rotatable bonds is 2. The van der Waals surface area contributed by atoms with Gasteiger partial charge in [0.1, 0.15) is 11.4 Å². The van der Waals surface area contributed by atoms with Crippen molar-refractivity contribution in [2.45, 2.75) is 26.4 Å². The molecule has 1 aromatic heterocycles. The molecule has 1 N–H and O–H groups in total. The van der Waals surface area contributed by atoms with Crippen LogP contribution >= 0.6 is 0 Å². The maximum Gasteiger partial charge on any atom is 0.413 e. The Morgan fingerprint density at radius 3 is 2.32 bits per heavy atom. The minimum atomic E-state index is -0.577. The number of ether oxygens (including phenoxy) is 1. The number of carbonyl (C=O) groups is 2. The zero-order valence-electron chi connectivity index (χ0n) is 11.9. The van der Waals surface area contributed by atoms with Gasteiger partial charge in [-0.1, -0.05) is 0 Å². The van der Waals surface area contributed by atoms with Crippen molar-refractivity contribution < 1.29 is 14.3 Å². The summed E-state index contributed by atoms with van der Waals surface area (Å²) in [6.45, 7) is 5.33. The van der Waals surface area contributed by atoms with Gasteiger partial charge in [0.2, 0.25) is 0 Å². The van der Waals surface area contributed by atoms with Crippen molar-refractivity contribution in [2.24, 2.45) is 0 Å². The topological polar surface area (TPSA) is 71.5 Å². The minimum Gasteiger partial charge on any atom is -0.444 e. The monoisotopic (exact) mass is 265 g/mol. The van der Waals surface area contributed by atoms with Gasteiger partial charge in [-0.3, -0.25) is 10.1 Å². The summed E-state index contributed by atoms with van der Waals surface area (Å²) in [6.07, 6.45) is 0.835. The third-order valence-electron chi connectivity index (χ3n) is 2.05. The summed E-state index contributed by atoms with van der Waals surface area (Å²) in [5.74, 6) is 0.195. The Morgan fingerprint density at radius 1 is 1.26 bits per heavy atom. The molecule has 0 aliphatic heterocycles. The quantitative estimate of drug-likeness (QED) is 0.889. The molecule has 1 aromatic rings. The molecular weight excluding hydrogens is 246 g/mol. The summed E-state index contributed by atoms with van der Waals surface area (Å²) < 4.78 is 5.09. The smallest absolute Gasteiger partial charge is 0.413 e. The molecule has 1 heterocycles. The first-order chi connectivity index (χ1) is 8.69. The number of pyridine rings is 1. The van der Waals surface area contributed by atoms with E-state index in [1.54, 1.807) is 47.0 Å². The summed E-state index contributed by atoms with van der Waals surface area (Å²) in [6, 6.07) is 3.16. The molecule has 0 saturated carbocycles. The average molecular weight is 265 g/mol. The fraction of sp³-hybridized carbons (Fsp3) is 0.462. The van der Waals surface area contributed by atoms with Crippen LogP contribution in [0.1, 0.15) is 31.1 Å². The lowest BCUT2D eigenvalue weighted by Crippen LogP contribution is -2.27. The lowest BCUT2D eigenvalue weighted by atomic mass is 10.2. The van der Waals surface area contributed by atoms with Gasteiger partial charge in [-0.05, 0) is 32.9 Å².